The first-order valence-corrected chi connectivity index (χ1v) is 9.02. The number of aryl methyl sites for hydroxylation is 1. The van der Waals surface area contributed by atoms with Crippen molar-refractivity contribution in [3.63, 3.8) is 0 Å². The third-order valence-corrected chi connectivity index (χ3v) is 4.50. The minimum atomic E-state index is -0.467. The molecule has 0 aliphatic heterocycles. The van der Waals surface area contributed by atoms with Crippen LogP contribution >= 0.6 is 0 Å². The first-order chi connectivity index (χ1) is 13.5. The van der Waals surface area contributed by atoms with E-state index in [-0.39, 0.29) is 24.2 Å². The van der Waals surface area contributed by atoms with Crippen molar-refractivity contribution in [2.75, 3.05) is 11.9 Å². The van der Waals surface area contributed by atoms with Crippen LogP contribution in [0.15, 0.2) is 78.9 Å². The molecule has 0 spiro atoms. The number of nitrogens with zero attached hydrogens (tertiary/aromatic N) is 1. The molecule has 0 aliphatic carbocycles. The van der Waals surface area contributed by atoms with E-state index in [1.165, 1.54) is 29.8 Å². The molecule has 3 rings (SSSR count). The number of carbonyl (C=O) groups excluding carboxylic acids is 1. The third-order valence-electron chi connectivity index (χ3n) is 4.50. The van der Waals surface area contributed by atoms with Gasteiger partial charge in [-0.25, -0.2) is 0 Å². The van der Waals surface area contributed by atoms with Crippen molar-refractivity contribution in [3.05, 3.63) is 106 Å². The first kappa shape index (κ1) is 19.3. The summed E-state index contributed by atoms with van der Waals surface area (Å²) in [6, 6.07) is 24.2. The highest BCUT2D eigenvalue weighted by Crippen LogP contribution is 2.19. The maximum atomic E-state index is 12.4. The number of carbonyl (C=O) groups is 1. The number of nitro groups is 1. The molecule has 3 N–H and O–H groups in total. The predicted molar refractivity (Wildman–Crippen MR) is 108 cm³/mol. The summed E-state index contributed by atoms with van der Waals surface area (Å²) in [7, 11) is 0. The van der Waals surface area contributed by atoms with E-state index in [0.717, 1.165) is 11.1 Å². The average Bonchev–Trinajstić information content (AvgIpc) is 2.70. The smallest absolute Gasteiger partial charge is 0.279 e. The lowest BCUT2D eigenvalue weighted by atomic mass is 9.98. The van der Waals surface area contributed by atoms with E-state index < -0.39 is 4.92 Å². The van der Waals surface area contributed by atoms with Gasteiger partial charge in [-0.05, 0) is 19.1 Å². The van der Waals surface area contributed by atoms with Crippen LogP contribution < -0.4 is 10.6 Å². The summed E-state index contributed by atoms with van der Waals surface area (Å²) in [5.41, 5.74) is 3.96. The van der Waals surface area contributed by atoms with E-state index in [1.807, 2.05) is 30.4 Å². The van der Waals surface area contributed by atoms with Crippen molar-refractivity contribution in [1.82, 2.24) is 0 Å². The highest BCUT2D eigenvalue weighted by atomic mass is 16.6. The van der Waals surface area contributed by atoms with Gasteiger partial charge in [-0.1, -0.05) is 60.2 Å². The van der Waals surface area contributed by atoms with E-state index in [1.54, 1.807) is 0 Å². The Labute approximate surface area is 163 Å². The molecule has 6 heteroatoms. The van der Waals surface area contributed by atoms with Crippen LogP contribution in [-0.4, -0.2) is 17.4 Å². The van der Waals surface area contributed by atoms with Crippen LogP contribution in [0.4, 0.5) is 11.4 Å². The van der Waals surface area contributed by atoms with Gasteiger partial charge >= 0.3 is 0 Å². The number of hydrogen-bond donors (Lipinski definition) is 2. The van der Waals surface area contributed by atoms with Gasteiger partial charge in [-0.2, -0.15) is 0 Å². The Morgan fingerprint density at radius 1 is 0.964 bits per heavy atom. The Morgan fingerprint density at radius 2 is 1.57 bits per heavy atom. The Morgan fingerprint density at radius 3 is 2.18 bits per heavy atom. The average molecular weight is 376 g/mol. The fraction of sp³-hybridized carbons (Fsp3) is 0.136. The first-order valence-electron chi connectivity index (χ1n) is 9.02. The number of nitro benzene ring substituents is 1. The Kier molecular flexibility index (Phi) is 6.14. The molecule has 1 amide bonds. The number of quaternary nitrogens is 1. The molecule has 0 unspecified atom stereocenters. The van der Waals surface area contributed by atoms with Crippen molar-refractivity contribution in [2.24, 2.45) is 0 Å². The highest BCUT2D eigenvalue weighted by molar-refractivity contribution is 5.91. The van der Waals surface area contributed by atoms with Gasteiger partial charge in [0, 0.05) is 28.9 Å². The van der Waals surface area contributed by atoms with Crippen LogP contribution in [0.5, 0.6) is 0 Å². The van der Waals surface area contributed by atoms with Gasteiger partial charge < -0.3 is 10.6 Å². The van der Waals surface area contributed by atoms with Crippen LogP contribution in [0.1, 0.15) is 22.7 Å². The minimum Gasteiger partial charge on any atom is -0.328 e. The van der Waals surface area contributed by atoms with E-state index in [0.29, 0.717) is 5.69 Å². The van der Waals surface area contributed by atoms with Crippen LogP contribution in [-0.2, 0) is 4.79 Å². The summed E-state index contributed by atoms with van der Waals surface area (Å²) >= 11 is 0. The fourth-order valence-corrected chi connectivity index (χ4v) is 3.00. The van der Waals surface area contributed by atoms with Gasteiger partial charge in [0.25, 0.3) is 11.6 Å². The summed E-state index contributed by atoms with van der Waals surface area (Å²) in [5.74, 6) is -0.165. The molecule has 6 nitrogen and oxygen atoms in total. The highest BCUT2D eigenvalue weighted by Gasteiger charge is 2.19. The van der Waals surface area contributed by atoms with E-state index >= 15 is 0 Å². The minimum absolute atomic E-state index is 0.00408. The summed E-state index contributed by atoms with van der Waals surface area (Å²) in [5, 5.41) is 15.5. The number of nitrogens with one attached hydrogen (secondary N) is 1. The van der Waals surface area contributed by atoms with Gasteiger partial charge in [0.05, 0.1) is 4.92 Å². The molecule has 0 fully saturated rings. The van der Waals surface area contributed by atoms with E-state index in [4.69, 9.17) is 0 Å². The van der Waals surface area contributed by atoms with Gasteiger partial charge in [0.2, 0.25) is 0 Å². The molecule has 3 aromatic carbocycles. The molecule has 1 atom stereocenters. The summed E-state index contributed by atoms with van der Waals surface area (Å²) < 4.78 is 0. The molecule has 0 heterocycles. The SMILES string of the molecule is Cc1ccc([C@H]([NH2+]CC(=O)Nc2ccc([N+](=O)[O-])cc2)c2ccccc2)cc1. The second kappa shape index (κ2) is 8.92. The molecular formula is C22H22N3O3+. The van der Waals surface area contributed by atoms with Gasteiger partial charge in [0.1, 0.15) is 6.04 Å². The van der Waals surface area contributed by atoms with Gasteiger partial charge in [-0.3, -0.25) is 14.9 Å². The van der Waals surface area contributed by atoms with Crippen molar-refractivity contribution in [3.8, 4) is 0 Å². The number of non-ortho nitro benzene ring substituents is 1. The Bertz CT molecular complexity index is 939. The van der Waals surface area contributed by atoms with Gasteiger partial charge in [-0.15, -0.1) is 0 Å². The number of hydrogen-bond acceptors (Lipinski definition) is 3. The topological polar surface area (TPSA) is 88.8 Å². The number of benzene rings is 3. The second-order valence-electron chi connectivity index (χ2n) is 6.59. The van der Waals surface area contributed by atoms with Crippen molar-refractivity contribution >= 4 is 17.3 Å². The van der Waals surface area contributed by atoms with Crippen LogP contribution in [0, 0.1) is 17.0 Å². The zero-order valence-electron chi connectivity index (χ0n) is 15.5. The second-order valence-corrected chi connectivity index (χ2v) is 6.59. The predicted octanol–water partition coefficient (Wildman–Crippen LogP) is 3.19. The largest absolute Gasteiger partial charge is 0.328 e. The zero-order valence-corrected chi connectivity index (χ0v) is 15.5. The maximum Gasteiger partial charge on any atom is 0.279 e. The monoisotopic (exact) mass is 376 g/mol. The lowest BCUT2D eigenvalue weighted by Crippen LogP contribution is -2.87. The molecule has 0 saturated carbocycles. The third kappa shape index (κ3) is 5.02. The molecule has 3 aromatic rings. The molecule has 0 saturated heterocycles. The molecule has 0 radical (unpaired) electrons. The maximum absolute atomic E-state index is 12.4. The number of amides is 1. The van der Waals surface area contributed by atoms with Gasteiger partial charge in [0.15, 0.2) is 6.54 Å². The number of anilines is 1. The summed E-state index contributed by atoms with van der Waals surface area (Å²) in [4.78, 5) is 22.6. The zero-order chi connectivity index (χ0) is 19.9. The number of rotatable bonds is 7. The van der Waals surface area contributed by atoms with Crippen LogP contribution in [0.25, 0.3) is 0 Å². The van der Waals surface area contributed by atoms with Crippen molar-refractivity contribution < 1.29 is 15.0 Å². The summed E-state index contributed by atoms with van der Waals surface area (Å²) in [6.07, 6.45) is 0. The summed E-state index contributed by atoms with van der Waals surface area (Å²) in [6.45, 7) is 2.27. The van der Waals surface area contributed by atoms with E-state index in [2.05, 4.69) is 41.7 Å². The van der Waals surface area contributed by atoms with Crippen molar-refractivity contribution in [1.29, 1.82) is 0 Å². The molecular weight excluding hydrogens is 354 g/mol. The molecule has 28 heavy (non-hydrogen) atoms. The normalized spacial score (nSPS) is 11.6. The standard InChI is InChI=1S/C22H21N3O3/c1-16-7-9-18(10-8-16)22(17-5-3-2-4-6-17)23-15-21(26)24-19-11-13-20(14-12-19)25(27)28/h2-14,22-23H,15H2,1H3,(H,24,26)/p+1/t22-/m1/s1. The van der Waals surface area contributed by atoms with Crippen LogP contribution in [0.2, 0.25) is 0 Å². The fourth-order valence-electron chi connectivity index (χ4n) is 3.00. The molecule has 0 aliphatic rings. The number of nitrogens with two attached hydrogens (primary N) is 1. The Hall–Kier alpha value is -3.51. The quantitative estimate of drug-likeness (QED) is 0.490. The van der Waals surface area contributed by atoms with E-state index in [9.17, 15) is 14.9 Å². The van der Waals surface area contributed by atoms with Crippen molar-refractivity contribution in [2.45, 2.75) is 13.0 Å². The molecule has 0 aromatic heterocycles. The van der Waals surface area contributed by atoms with Crippen LogP contribution in [0.3, 0.4) is 0 Å². The lowest BCUT2D eigenvalue weighted by molar-refractivity contribution is -0.676. The molecule has 142 valence electrons. The molecule has 0 bridgehead atoms. The lowest BCUT2D eigenvalue weighted by Gasteiger charge is -2.17. The Balaban J connectivity index is 1.68.